The summed E-state index contributed by atoms with van der Waals surface area (Å²) < 4.78 is 5.34. The summed E-state index contributed by atoms with van der Waals surface area (Å²) in [5, 5.41) is 0. The van der Waals surface area contributed by atoms with Crippen LogP contribution in [0.3, 0.4) is 0 Å². The number of anilines is 3. The number of aromatic nitrogens is 2. The Morgan fingerprint density at radius 2 is 1.95 bits per heavy atom. The first-order chi connectivity index (χ1) is 9.04. The normalized spacial score (nSPS) is 10.3. The van der Waals surface area contributed by atoms with E-state index in [0.29, 0.717) is 5.82 Å². The number of hydrogen-bond acceptors (Lipinski definition) is 5. The molecule has 0 aliphatic heterocycles. The van der Waals surface area contributed by atoms with E-state index in [4.69, 9.17) is 10.5 Å². The van der Waals surface area contributed by atoms with E-state index in [1.54, 1.807) is 7.11 Å². The predicted molar refractivity (Wildman–Crippen MR) is 77.0 cm³/mol. The highest BCUT2D eigenvalue weighted by atomic mass is 16.5. The van der Waals surface area contributed by atoms with Crippen LogP contribution >= 0.6 is 0 Å². The monoisotopic (exact) mass is 258 g/mol. The third-order valence-corrected chi connectivity index (χ3v) is 3.15. The summed E-state index contributed by atoms with van der Waals surface area (Å²) in [6.45, 7) is 3.92. The van der Waals surface area contributed by atoms with Crippen LogP contribution < -0.4 is 15.4 Å². The maximum absolute atomic E-state index is 5.94. The van der Waals surface area contributed by atoms with Crippen LogP contribution in [0.15, 0.2) is 24.5 Å². The molecule has 2 N–H and O–H groups in total. The quantitative estimate of drug-likeness (QED) is 0.916. The van der Waals surface area contributed by atoms with Crippen molar-refractivity contribution in [2.45, 2.75) is 13.8 Å². The summed E-state index contributed by atoms with van der Waals surface area (Å²) in [5.41, 5.74) is 9.66. The third-order valence-electron chi connectivity index (χ3n) is 3.15. The largest absolute Gasteiger partial charge is 0.496 e. The molecule has 0 atom stereocenters. The maximum atomic E-state index is 5.94. The molecule has 1 heterocycles. The summed E-state index contributed by atoms with van der Waals surface area (Å²) in [5.74, 6) is 1.31. The van der Waals surface area contributed by atoms with Gasteiger partial charge in [0.1, 0.15) is 17.8 Å². The van der Waals surface area contributed by atoms with Gasteiger partial charge in [0.05, 0.1) is 12.8 Å². The second-order valence-electron chi connectivity index (χ2n) is 4.41. The minimum absolute atomic E-state index is 0.467. The van der Waals surface area contributed by atoms with Gasteiger partial charge in [0.2, 0.25) is 0 Å². The van der Waals surface area contributed by atoms with Crippen LogP contribution in [0.1, 0.15) is 11.3 Å². The highest BCUT2D eigenvalue weighted by Gasteiger charge is 2.13. The van der Waals surface area contributed by atoms with Gasteiger partial charge < -0.3 is 15.4 Å². The lowest BCUT2D eigenvalue weighted by atomic mass is 10.2. The minimum atomic E-state index is 0.467. The van der Waals surface area contributed by atoms with Gasteiger partial charge in [-0.15, -0.1) is 0 Å². The Labute approximate surface area is 113 Å². The van der Waals surface area contributed by atoms with Crippen molar-refractivity contribution >= 4 is 17.2 Å². The molecule has 0 aliphatic carbocycles. The van der Waals surface area contributed by atoms with Gasteiger partial charge in [0.25, 0.3) is 0 Å². The molecule has 2 aromatic rings. The fraction of sp³-hybridized carbons (Fsp3) is 0.286. The molecule has 19 heavy (non-hydrogen) atoms. The van der Waals surface area contributed by atoms with E-state index in [1.165, 1.54) is 6.33 Å². The number of hydrogen-bond donors (Lipinski definition) is 1. The number of nitrogen functional groups attached to an aromatic ring is 1. The molecule has 1 aromatic heterocycles. The first-order valence-corrected chi connectivity index (χ1v) is 6.00. The number of nitrogens with two attached hydrogens (primary N) is 1. The van der Waals surface area contributed by atoms with Crippen molar-refractivity contribution in [1.29, 1.82) is 0 Å². The van der Waals surface area contributed by atoms with Crippen LogP contribution in [0.4, 0.5) is 17.2 Å². The van der Waals surface area contributed by atoms with Crippen LogP contribution in [-0.4, -0.2) is 24.1 Å². The Hall–Kier alpha value is -2.30. The molecule has 0 fully saturated rings. The van der Waals surface area contributed by atoms with Gasteiger partial charge in [-0.05, 0) is 25.5 Å². The Kier molecular flexibility index (Phi) is 3.55. The Morgan fingerprint density at radius 3 is 2.58 bits per heavy atom. The minimum Gasteiger partial charge on any atom is -0.496 e. The number of methoxy groups -OCH3 is 1. The van der Waals surface area contributed by atoms with E-state index in [-0.39, 0.29) is 0 Å². The molecule has 0 radical (unpaired) electrons. The van der Waals surface area contributed by atoms with Crippen molar-refractivity contribution in [3.05, 3.63) is 35.8 Å². The van der Waals surface area contributed by atoms with Gasteiger partial charge in [0, 0.05) is 18.8 Å². The van der Waals surface area contributed by atoms with Crippen molar-refractivity contribution < 1.29 is 4.74 Å². The molecule has 1 aromatic carbocycles. The molecule has 0 saturated carbocycles. The SMILES string of the molecule is COc1cc(N(C)c2c(C)ncnc2N)ccc1C. The van der Waals surface area contributed by atoms with Gasteiger partial charge in [-0.3, -0.25) is 0 Å². The molecule has 2 rings (SSSR count). The zero-order chi connectivity index (χ0) is 14.0. The van der Waals surface area contributed by atoms with Crippen LogP contribution in [0.25, 0.3) is 0 Å². The number of nitrogens with zero attached hydrogens (tertiary/aromatic N) is 3. The summed E-state index contributed by atoms with van der Waals surface area (Å²) in [4.78, 5) is 10.2. The van der Waals surface area contributed by atoms with Gasteiger partial charge >= 0.3 is 0 Å². The van der Waals surface area contributed by atoms with Crippen molar-refractivity contribution in [1.82, 2.24) is 9.97 Å². The van der Waals surface area contributed by atoms with Gasteiger partial charge in [0.15, 0.2) is 5.82 Å². The first kappa shape index (κ1) is 13.1. The van der Waals surface area contributed by atoms with Gasteiger partial charge in [-0.25, -0.2) is 9.97 Å². The number of benzene rings is 1. The lowest BCUT2D eigenvalue weighted by molar-refractivity contribution is 0.412. The molecule has 0 amide bonds. The summed E-state index contributed by atoms with van der Waals surface area (Å²) in [7, 11) is 3.60. The fourth-order valence-corrected chi connectivity index (χ4v) is 2.05. The van der Waals surface area contributed by atoms with Crippen LogP contribution in [0.2, 0.25) is 0 Å². The van der Waals surface area contributed by atoms with E-state index in [9.17, 15) is 0 Å². The van der Waals surface area contributed by atoms with Crippen molar-refractivity contribution in [3.8, 4) is 5.75 Å². The van der Waals surface area contributed by atoms with Crippen molar-refractivity contribution in [3.63, 3.8) is 0 Å². The number of ether oxygens (including phenoxy) is 1. The Morgan fingerprint density at radius 1 is 1.21 bits per heavy atom. The van der Waals surface area contributed by atoms with E-state index in [1.807, 2.05) is 44.0 Å². The zero-order valence-electron chi connectivity index (χ0n) is 11.6. The van der Waals surface area contributed by atoms with E-state index in [0.717, 1.165) is 28.4 Å². The fourth-order valence-electron chi connectivity index (χ4n) is 2.05. The van der Waals surface area contributed by atoms with Crippen molar-refractivity contribution in [2.24, 2.45) is 0 Å². The average molecular weight is 258 g/mol. The van der Waals surface area contributed by atoms with Gasteiger partial charge in [-0.2, -0.15) is 0 Å². The maximum Gasteiger partial charge on any atom is 0.151 e. The molecule has 0 saturated heterocycles. The van der Waals surface area contributed by atoms with Crippen LogP contribution in [0.5, 0.6) is 5.75 Å². The lowest BCUT2D eigenvalue weighted by Crippen LogP contribution is -2.15. The van der Waals surface area contributed by atoms with E-state index >= 15 is 0 Å². The molecule has 5 nitrogen and oxygen atoms in total. The third kappa shape index (κ3) is 2.45. The molecule has 0 aliphatic rings. The Balaban J connectivity index is 2.47. The molecular formula is C14H18N4O. The second kappa shape index (κ2) is 5.14. The number of aryl methyl sites for hydroxylation is 2. The average Bonchev–Trinajstić information content (AvgIpc) is 2.39. The summed E-state index contributed by atoms with van der Waals surface area (Å²) in [6, 6.07) is 6.00. The molecule has 5 heteroatoms. The first-order valence-electron chi connectivity index (χ1n) is 6.00. The molecule has 0 spiro atoms. The molecule has 0 unspecified atom stereocenters. The second-order valence-corrected chi connectivity index (χ2v) is 4.41. The topological polar surface area (TPSA) is 64.3 Å². The van der Waals surface area contributed by atoms with Crippen molar-refractivity contribution in [2.75, 3.05) is 24.8 Å². The van der Waals surface area contributed by atoms with Crippen LogP contribution in [-0.2, 0) is 0 Å². The van der Waals surface area contributed by atoms with E-state index in [2.05, 4.69) is 9.97 Å². The summed E-state index contributed by atoms with van der Waals surface area (Å²) in [6.07, 6.45) is 1.47. The lowest BCUT2D eigenvalue weighted by Gasteiger charge is -2.22. The van der Waals surface area contributed by atoms with Crippen LogP contribution in [0, 0.1) is 13.8 Å². The predicted octanol–water partition coefficient (Wildman–Crippen LogP) is 2.45. The smallest absolute Gasteiger partial charge is 0.151 e. The molecule has 100 valence electrons. The Bertz CT molecular complexity index is 578. The standard InChI is InChI=1S/C14H18N4O/c1-9-5-6-11(7-12(9)19-4)18(3)13-10(2)16-8-17-14(13)15/h5-8H,1-4H3,(H2,15,16,17). The highest BCUT2D eigenvalue weighted by Crippen LogP contribution is 2.32. The highest BCUT2D eigenvalue weighted by molar-refractivity contribution is 5.74. The zero-order valence-corrected chi connectivity index (χ0v) is 11.6. The molecular weight excluding hydrogens is 240 g/mol. The van der Waals surface area contributed by atoms with Gasteiger partial charge in [-0.1, -0.05) is 6.07 Å². The molecule has 0 bridgehead atoms. The van der Waals surface area contributed by atoms with E-state index < -0.39 is 0 Å². The summed E-state index contributed by atoms with van der Waals surface area (Å²) >= 11 is 0. The number of rotatable bonds is 3.